The van der Waals surface area contributed by atoms with E-state index in [1.807, 2.05) is 45.9 Å². The van der Waals surface area contributed by atoms with Crippen LogP contribution in [0.15, 0.2) is 24.3 Å². The third kappa shape index (κ3) is 4.00. The van der Waals surface area contributed by atoms with Gasteiger partial charge in [0.25, 0.3) is 0 Å². The fourth-order valence-corrected chi connectivity index (χ4v) is 2.32. The van der Waals surface area contributed by atoms with E-state index in [9.17, 15) is 9.90 Å². The van der Waals surface area contributed by atoms with E-state index in [0.717, 1.165) is 23.1 Å². The SMILES string of the molecule is Cc1ccc(C2=CCN(C(=O)OC(C)(C)C)CC2)c(O)c1. The maximum atomic E-state index is 12.0. The zero-order valence-corrected chi connectivity index (χ0v) is 13.1. The molecule has 21 heavy (non-hydrogen) atoms. The summed E-state index contributed by atoms with van der Waals surface area (Å²) in [6, 6.07) is 5.67. The summed E-state index contributed by atoms with van der Waals surface area (Å²) in [5.41, 5.74) is 2.48. The van der Waals surface area contributed by atoms with Gasteiger partial charge in [0.05, 0.1) is 0 Å². The van der Waals surface area contributed by atoms with Gasteiger partial charge in [-0.1, -0.05) is 18.2 Å². The predicted molar refractivity (Wildman–Crippen MR) is 83.2 cm³/mol. The number of aromatic hydroxyl groups is 1. The van der Waals surface area contributed by atoms with E-state index >= 15 is 0 Å². The molecule has 0 bridgehead atoms. The average Bonchev–Trinajstić information content (AvgIpc) is 2.37. The van der Waals surface area contributed by atoms with Crippen LogP contribution in [0.4, 0.5) is 4.79 Å². The van der Waals surface area contributed by atoms with Crippen LogP contribution in [0.3, 0.4) is 0 Å². The van der Waals surface area contributed by atoms with Crippen LogP contribution in [-0.4, -0.2) is 34.8 Å². The molecule has 0 radical (unpaired) electrons. The summed E-state index contributed by atoms with van der Waals surface area (Å²) in [7, 11) is 0. The lowest BCUT2D eigenvalue weighted by atomic mass is 9.97. The number of hydrogen-bond donors (Lipinski definition) is 1. The lowest BCUT2D eigenvalue weighted by molar-refractivity contribution is 0.0270. The van der Waals surface area contributed by atoms with E-state index in [-0.39, 0.29) is 6.09 Å². The number of carbonyl (C=O) groups is 1. The zero-order valence-electron chi connectivity index (χ0n) is 13.1. The van der Waals surface area contributed by atoms with Crippen molar-refractivity contribution >= 4 is 11.7 Å². The van der Waals surface area contributed by atoms with E-state index < -0.39 is 5.60 Å². The van der Waals surface area contributed by atoms with Crippen molar-refractivity contribution in [2.75, 3.05) is 13.1 Å². The smallest absolute Gasteiger partial charge is 0.410 e. The van der Waals surface area contributed by atoms with Gasteiger partial charge in [0.1, 0.15) is 11.4 Å². The van der Waals surface area contributed by atoms with Gasteiger partial charge in [0, 0.05) is 18.7 Å². The van der Waals surface area contributed by atoms with E-state index in [0.29, 0.717) is 18.8 Å². The quantitative estimate of drug-likeness (QED) is 0.857. The molecule has 0 fully saturated rings. The van der Waals surface area contributed by atoms with E-state index in [1.165, 1.54) is 0 Å². The number of phenols is 1. The molecule has 0 aliphatic carbocycles. The molecule has 0 aromatic heterocycles. The first-order valence-electron chi connectivity index (χ1n) is 7.23. The third-order valence-electron chi connectivity index (χ3n) is 3.36. The number of ether oxygens (including phenoxy) is 1. The van der Waals surface area contributed by atoms with E-state index in [1.54, 1.807) is 11.0 Å². The zero-order chi connectivity index (χ0) is 15.6. The molecule has 2 rings (SSSR count). The van der Waals surface area contributed by atoms with Gasteiger partial charge in [-0.15, -0.1) is 0 Å². The molecule has 1 aromatic rings. The van der Waals surface area contributed by atoms with E-state index in [2.05, 4.69) is 0 Å². The molecule has 0 spiro atoms. The molecule has 0 atom stereocenters. The van der Waals surface area contributed by atoms with Gasteiger partial charge in [0.15, 0.2) is 0 Å². The summed E-state index contributed by atoms with van der Waals surface area (Å²) < 4.78 is 5.37. The first-order valence-corrected chi connectivity index (χ1v) is 7.23. The standard InChI is InChI=1S/C17H23NO3/c1-12-5-6-14(15(19)11-12)13-7-9-18(10-8-13)16(20)21-17(2,3)4/h5-7,11,19H,8-10H2,1-4H3. The van der Waals surface area contributed by atoms with Gasteiger partial charge in [-0.3, -0.25) is 0 Å². The molecule has 1 aliphatic heterocycles. The molecule has 1 aliphatic rings. The first kappa shape index (κ1) is 15.4. The average molecular weight is 289 g/mol. The Morgan fingerprint density at radius 1 is 1.33 bits per heavy atom. The molecule has 0 saturated heterocycles. The molecule has 1 N–H and O–H groups in total. The Hall–Kier alpha value is -1.97. The third-order valence-corrected chi connectivity index (χ3v) is 3.36. The summed E-state index contributed by atoms with van der Waals surface area (Å²) in [6.45, 7) is 8.65. The summed E-state index contributed by atoms with van der Waals surface area (Å²) in [6.07, 6.45) is 2.42. The summed E-state index contributed by atoms with van der Waals surface area (Å²) >= 11 is 0. The monoisotopic (exact) mass is 289 g/mol. The molecule has 4 heteroatoms. The Morgan fingerprint density at radius 3 is 2.57 bits per heavy atom. The minimum absolute atomic E-state index is 0.286. The number of carbonyl (C=O) groups excluding carboxylic acids is 1. The van der Waals surface area contributed by atoms with Gasteiger partial charge >= 0.3 is 6.09 Å². The number of hydrogen-bond acceptors (Lipinski definition) is 3. The van der Waals surface area contributed by atoms with Crippen molar-refractivity contribution < 1.29 is 14.6 Å². The summed E-state index contributed by atoms with van der Waals surface area (Å²) in [5.74, 6) is 0.298. The molecule has 1 heterocycles. The maximum Gasteiger partial charge on any atom is 0.410 e. The van der Waals surface area contributed by atoms with Crippen molar-refractivity contribution in [2.24, 2.45) is 0 Å². The lowest BCUT2D eigenvalue weighted by Crippen LogP contribution is -2.39. The Bertz CT molecular complexity index is 570. The number of aryl methyl sites for hydroxylation is 1. The molecular formula is C17H23NO3. The highest BCUT2D eigenvalue weighted by Crippen LogP contribution is 2.30. The Morgan fingerprint density at radius 2 is 2.05 bits per heavy atom. The number of amides is 1. The molecule has 0 saturated carbocycles. The predicted octanol–water partition coefficient (Wildman–Crippen LogP) is 3.72. The number of nitrogens with zero attached hydrogens (tertiary/aromatic N) is 1. The second-order valence-electron chi connectivity index (χ2n) is 6.43. The van der Waals surface area contributed by atoms with Gasteiger partial charge < -0.3 is 14.7 Å². The Kier molecular flexibility index (Phi) is 4.26. The van der Waals surface area contributed by atoms with Gasteiger partial charge in [-0.05, 0) is 51.3 Å². The van der Waals surface area contributed by atoms with Gasteiger partial charge in [-0.25, -0.2) is 4.79 Å². The van der Waals surface area contributed by atoms with Crippen LogP contribution in [0.1, 0.15) is 38.3 Å². The molecule has 1 aromatic carbocycles. The number of benzene rings is 1. The summed E-state index contributed by atoms with van der Waals surface area (Å²) in [4.78, 5) is 13.7. The minimum atomic E-state index is -0.476. The van der Waals surface area contributed by atoms with Crippen molar-refractivity contribution in [3.8, 4) is 5.75 Å². The van der Waals surface area contributed by atoms with Crippen molar-refractivity contribution in [1.29, 1.82) is 0 Å². The minimum Gasteiger partial charge on any atom is -0.507 e. The van der Waals surface area contributed by atoms with Crippen LogP contribution in [-0.2, 0) is 4.74 Å². The largest absolute Gasteiger partial charge is 0.507 e. The van der Waals surface area contributed by atoms with Crippen LogP contribution in [0.25, 0.3) is 5.57 Å². The Labute approximate surface area is 126 Å². The molecule has 1 amide bonds. The summed E-state index contributed by atoms with van der Waals surface area (Å²) in [5, 5.41) is 10.0. The molecule has 4 nitrogen and oxygen atoms in total. The van der Waals surface area contributed by atoms with Crippen molar-refractivity contribution in [3.05, 3.63) is 35.4 Å². The first-order chi connectivity index (χ1) is 9.76. The highest BCUT2D eigenvalue weighted by molar-refractivity contribution is 5.75. The second kappa shape index (κ2) is 5.80. The van der Waals surface area contributed by atoms with Gasteiger partial charge in [0.2, 0.25) is 0 Å². The van der Waals surface area contributed by atoms with Crippen LogP contribution in [0.2, 0.25) is 0 Å². The highest BCUT2D eigenvalue weighted by atomic mass is 16.6. The molecule has 0 unspecified atom stereocenters. The topological polar surface area (TPSA) is 49.8 Å². The fourth-order valence-electron chi connectivity index (χ4n) is 2.32. The molecule has 114 valence electrons. The van der Waals surface area contributed by atoms with Crippen LogP contribution >= 0.6 is 0 Å². The normalized spacial score (nSPS) is 15.6. The van der Waals surface area contributed by atoms with Crippen LogP contribution in [0, 0.1) is 6.92 Å². The Balaban J connectivity index is 2.07. The molecular weight excluding hydrogens is 266 g/mol. The second-order valence-corrected chi connectivity index (χ2v) is 6.43. The van der Waals surface area contributed by atoms with E-state index in [4.69, 9.17) is 4.74 Å². The number of rotatable bonds is 1. The van der Waals surface area contributed by atoms with Crippen LogP contribution in [0.5, 0.6) is 5.75 Å². The van der Waals surface area contributed by atoms with Gasteiger partial charge in [-0.2, -0.15) is 0 Å². The van der Waals surface area contributed by atoms with Crippen LogP contribution < -0.4 is 0 Å². The van der Waals surface area contributed by atoms with Crippen molar-refractivity contribution in [2.45, 2.75) is 39.7 Å². The number of phenolic OH excluding ortho intramolecular Hbond substituents is 1. The van der Waals surface area contributed by atoms with Crippen molar-refractivity contribution in [3.63, 3.8) is 0 Å². The van der Waals surface area contributed by atoms with Crippen molar-refractivity contribution in [1.82, 2.24) is 4.90 Å². The fraction of sp³-hybridized carbons (Fsp3) is 0.471. The maximum absolute atomic E-state index is 12.0. The lowest BCUT2D eigenvalue weighted by Gasteiger charge is -2.29. The highest BCUT2D eigenvalue weighted by Gasteiger charge is 2.24.